The Hall–Kier alpha value is -3.55. The zero-order valence-electron chi connectivity index (χ0n) is 17.7. The van der Waals surface area contributed by atoms with Gasteiger partial charge in [0.15, 0.2) is 11.5 Å². The number of hydrogen-bond donors (Lipinski definition) is 1. The predicted molar refractivity (Wildman–Crippen MR) is 115 cm³/mol. The van der Waals surface area contributed by atoms with Crippen molar-refractivity contribution in [2.45, 2.75) is 26.8 Å². The summed E-state index contributed by atoms with van der Waals surface area (Å²) in [4.78, 5) is 30.5. The van der Waals surface area contributed by atoms with Crippen LogP contribution in [0.25, 0.3) is 11.0 Å². The SMILES string of the molecule is CCCn1cc(C(=O)Nc2cc(OC)c(OC)c(OC)c2)c(=O)c2ccc(C)nc21. The number of aromatic nitrogens is 2. The van der Waals surface area contributed by atoms with Gasteiger partial charge in [0, 0.05) is 36.3 Å². The van der Waals surface area contributed by atoms with Crippen LogP contribution in [0.15, 0.2) is 35.3 Å². The summed E-state index contributed by atoms with van der Waals surface area (Å²) in [5.74, 6) is 0.680. The molecule has 0 atom stereocenters. The van der Waals surface area contributed by atoms with Gasteiger partial charge in [-0.3, -0.25) is 9.59 Å². The van der Waals surface area contributed by atoms with Crippen molar-refractivity contribution < 1.29 is 19.0 Å². The van der Waals surface area contributed by atoms with Crippen LogP contribution in [0.4, 0.5) is 5.69 Å². The Morgan fingerprint density at radius 3 is 2.33 bits per heavy atom. The Balaban J connectivity index is 2.07. The summed E-state index contributed by atoms with van der Waals surface area (Å²) in [6, 6.07) is 6.69. The number of nitrogens with one attached hydrogen (secondary N) is 1. The fourth-order valence-corrected chi connectivity index (χ4v) is 3.28. The normalized spacial score (nSPS) is 10.7. The number of amides is 1. The van der Waals surface area contributed by atoms with Crippen molar-refractivity contribution in [2.24, 2.45) is 0 Å². The number of aryl methyl sites for hydroxylation is 2. The number of fused-ring (bicyclic) bond motifs is 1. The molecule has 0 saturated carbocycles. The summed E-state index contributed by atoms with van der Waals surface area (Å²) in [5, 5.41) is 3.17. The molecule has 0 aliphatic heterocycles. The van der Waals surface area contributed by atoms with E-state index in [0.717, 1.165) is 12.1 Å². The molecule has 3 aromatic rings. The van der Waals surface area contributed by atoms with Gasteiger partial charge in [0.2, 0.25) is 11.2 Å². The molecule has 158 valence electrons. The molecule has 2 aromatic heterocycles. The maximum absolute atomic E-state index is 13.0. The van der Waals surface area contributed by atoms with Gasteiger partial charge in [0.05, 0.1) is 26.7 Å². The van der Waals surface area contributed by atoms with Gasteiger partial charge in [0.25, 0.3) is 5.91 Å². The van der Waals surface area contributed by atoms with Crippen LogP contribution in [0, 0.1) is 6.92 Å². The highest BCUT2D eigenvalue weighted by Crippen LogP contribution is 2.40. The molecule has 0 unspecified atom stereocenters. The van der Waals surface area contributed by atoms with Crippen LogP contribution in [0.1, 0.15) is 29.4 Å². The van der Waals surface area contributed by atoms with Gasteiger partial charge in [-0.1, -0.05) is 6.92 Å². The van der Waals surface area contributed by atoms with Gasteiger partial charge in [0.1, 0.15) is 11.2 Å². The van der Waals surface area contributed by atoms with Gasteiger partial charge in [-0.25, -0.2) is 4.98 Å². The summed E-state index contributed by atoms with van der Waals surface area (Å²) >= 11 is 0. The first kappa shape index (κ1) is 21.2. The number of pyridine rings is 2. The first-order chi connectivity index (χ1) is 14.4. The standard InChI is InChI=1S/C22H25N3O5/c1-6-9-25-12-16(19(26)15-8-7-13(2)23-21(15)25)22(27)24-14-10-17(28-3)20(30-5)18(11-14)29-4/h7-8,10-12H,6,9H2,1-5H3,(H,24,27). The van der Waals surface area contributed by atoms with Crippen molar-refractivity contribution in [2.75, 3.05) is 26.6 Å². The van der Waals surface area contributed by atoms with Gasteiger partial charge in [-0.2, -0.15) is 0 Å². The molecule has 1 N–H and O–H groups in total. The lowest BCUT2D eigenvalue weighted by Crippen LogP contribution is -2.24. The topological polar surface area (TPSA) is 91.7 Å². The minimum absolute atomic E-state index is 0.0374. The smallest absolute Gasteiger partial charge is 0.261 e. The van der Waals surface area contributed by atoms with Crippen LogP contribution in [0.2, 0.25) is 0 Å². The van der Waals surface area contributed by atoms with Crippen molar-refractivity contribution in [3.8, 4) is 17.2 Å². The number of anilines is 1. The maximum atomic E-state index is 13.0. The van der Waals surface area contributed by atoms with Crippen LogP contribution in [-0.4, -0.2) is 36.8 Å². The van der Waals surface area contributed by atoms with Crippen LogP contribution >= 0.6 is 0 Å². The molecule has 8 nitrogen and oxygen atoms in total. The second-order valence-corrected chi connectivity index (χ2v) is 6.76. The molecule has 1 amide bonds. The fourth-order valence-electron chi connectivity index (χ4n) is 3.28. The second kappa shape index (κ2) is 8.86. The van der Waals surface area contributed by atoms with E-state index in [1.807, 2.05) is 18.4 Å². The molecule has 0 fully saturated rings. The van der Waals surface area contributed by atoms with E-state index in [2.05, 4.69) is 10.3 Å². The Kier molecular flexibility index (Phi) is 6.25. The van der Waals surface area contributed by atoms with Gasteiger partial charge < -0.3 is 24.1 Å². The van der Waals surface area contributed by atoms with E-state index in [4.69, 9.17) is 14.2 Å². The van der Waals surface area contributed by atoms with E-state index in [1.54, 1.807) is 30.5 Å². The Morgan fingerprint density at radius 1 is 1.10 bits per heavy atom. The summed E-state index contributed by atoms with van der Waals surface area (Å²) in [6.07, 6.45) is 2.40. The molecule has 30 heavy (non-hydrogen) atoms. The minimum Gasteiger partial charge on any atom is -0.493 e. The van der Waals surface area contributed by atoms with Gasteiger partial charge in [-0.15, -0.1) is 0 Å². The highest BCUT2D eigenvalue weighted by Gasteiger charge is 2.19. The quantitative estimate of drug-likeness (QED) is 0.641. The first-order valence-corrected chi connectivity index (χ1v) is 9.55. The van der Waals surface area contributed by atoms with Crippen LogP contribution in [-0.2, 0) is 6.54 Å². The Labute approximate surface area is 174 Å². The number of carbonyl (C=O) groups is 1. The number of rotatable bonds is 7. The van der Waals surface area contributed by atoms with E-state index in [1.165, 1.54) is 21.3 Å². The fraction of sp³-hybridized carbons (Fsp3) is 0.318. The van der Waals surface area contributed by atoms with E-state index < -0.39 is 5.91 Å². The molecule has 8 heteroatoms. The Morgan fingerprint density at radius 2 is 1.77 bits per heavy atom. The molecule has 0 saturated heterocycles. The Bertz CT molecular complexity index is 1130. The van der Waals surface area contributed by atoms with Crippen molar-refractivity contribution in [1.29, 1.82) is 0 Å². The van der Waals surface area contributed by atoms with Crippen molar-refractivity contribution >= 4 is 22.6 Å². The number of ether oxygens (including phenoxy) is 3. The summed E-state index contributed by atoms with van der Waals surface area (Å²) in [6.45, 7) is 4.53. The number of benzene rings is 1. The van der Waals surface area contributed by atoms with Crippen molar-refractivity contribution in [1.82, 2.24) is 9.55 Å². The zero-order chi connectivity index (χ0) is 21.8. The van der Waals surface area contributed by atoms with Crippen LogP contribution < -0.4 is 25.0 Å². The lowest BCUT2D eigenvalue weighted by molar-refractivity contribution is 0.102. The zero-order valence-corrected chi connectivity index (χ0v) is 17.7. The van der Waals surface area contributed by atoms with Crippen molar-refractivity contribution in [3.63, 3.8) is 0 Å². The molecule has 0 aliphatic carbocycles. The monoisotopic (exact) mass is 411 g/mol. The lowest BCUT2D eigenvalue weighted by Gasteiger charge is -2.15. The molecule has 3 rings (SSSR count). The number of hydrogen-bond acceptors (Lipinski definition) is 6. The largest absolute Gasteiger partial charge is 0.493 e. The molecule has 0 spiro atoms. The molecule has 0 bridgehead atoms. The third-order valence-electron chi connectivity index (χ3n) is 4.69. The lowest BCUT2D eigenvalue weighted by atomic mass is 10.1. The number of carbonyl (C=O) groups excluding carboxylic acids is 1. The predicted octanol–water partition coefficient (Wildman–Crippen LogP) is 3.39. The maximum Gasteiger partial charge on any atom is 0.261 e. The molecule has 0 radical (unpaired) electrons. The molecular weight excluding hydrogens is 386 g/mol. The third kappa shape index (κ3) is 3.94. The van der Waals surface area contributed by atoms with Crippen LogP contribution in [0.5, 0.6) is 17.2 Å². The minimum atomic E-state index is -0.526. The third-order valence-corrected chi connectivity index (χ3v) is 4.69. The number of methoxy groups -OCH3 is 3. The average molecular weight is 411 g/mol. The van der Waals surface area contributed by atoms with E-state index >= 15 is 0 Å². The van der Waals surface area contributed by atoms with Crippen molar-refractivity contribution in [3.05, 3.63) is 51.9 Å². The molecule has 1 aromatic carbocycles. The van der Waals surface area contributed by atoms with E-state index in [-0.39, 0.29) is 11.0 Å². The van der Waals surface area contributed by atoms with Crippen LogP contribution in [0.3, 0.4) is 0 Å². The second-order valence-electron chi connectivity index (χ2n) is 6.76. The molecular formula is C22H25N3O5. The van der Waals surface area contributed by atoms with E-state index in [0.29, 0.717) is 40.5 Å². The van der Waals surface area contributed by atoms with E-state index in [9.17, 15) is 9.59 Å². The molecule has 2 heterocycles. The first-order valence-electron chi connectivity index (χ1n) is 9.55. The summed E-state index contributed by atoms with van der Waals surface area (Å²) in [7, 11) is 4.48. The average Bonchev–Trinajstić information content (AvgIpc) is 2.74. The highest BCUT2D eigenvalue weighted by atomic mass is 16.5. The van der Waals surface area contributed by atoms with Gasteiger partial charge >= 0.3 is 0 Å². The van der Waals surface area contributed by atoms with Gasteiger partial charge in [-0.05, 0) is 25.5 Å². The number of nitrogens with zero attached hydrogens (tertiary/aromatic N) is 2. The summed E-state index contributed by atoms with van der Waals surface area (Å²) < 4.78 is 17.8. The summed E-state index contributed by atoms with van der Waals surface area (Å²) in [5.41, 5.74) is 1.47. The highest BCUT2D eigenvalue weighted by molar-refractivity contribution is 6.05. The molecule has 0 aliphatic rings.